The number of aromatic nitrogens is 2. The molecular weight excluding hydrogens is 289 g/mol. The number of piperidine rings is 1. The molecule has 0 unspecified atom stereocenters. The molecule has 1 saturated heterocycles. The van der Waals surface area contributed by atoms with Crippen LogP contribution in [-0.4, -0.2) is 53.5 Å². The van der Waals surface area contributed by atoms with E-state index in [0.717, 1.165) is 6.42 Å². The second-order valence-corrected chi connectivity index (χ2v) is 5.28. The van der Waals surface area contributed by atoms with Crippen LogP contribution in [0.4, 0.5) is 5.95 Å². The van der Waals surface area contributed by atoms with Gasteiger partial charge in [0.15, 0.2) is 0 Å². The van der Waals surface area contributed by atoms with Crippen LogP contribution < -0.4 is 9.55 Å². The highest BCUT2D eigenvalue weighted by atomic mass is 16.6. The molecule has 0 aliphatic carbocycles. The van der Waals surface area contributed by atoms with E-state index < -0.39 is 12.7 Å². The van der Waals surface area contributed by atoms with Gasteiger partial charge < -0.3 is 24.3 Å². The molecule has 2 N–H and O–H groups in total. The molecule has 0 aromatic carbocycles. The summed E-state index contributed by atoms with van der Waals surface area (Å²) in [6.07, 6.45) is 4.88. The molecule has 9 heteroatoms. The van der Waals surface area contributed by atoms with Gasteiger partial charge in [0.05, 0.1) is 24.9 Å². The van der Waals surface area contributed by atoms with Crippen LogP contribution in [0.1, 0.15) is 26.2 Å². The molecule has 120 valence electrons. The average Bonchev–Trinajstić information content (AvgIpc) is 2.54. The van der Waals surface area contributed by atoms with Crippen LogP contribution in [-0.2, 0) is 9.53 Å². The molecule has 1 aliphatic rings. The van der Waals surface area contributed by atoms with Gasteiger partial charge in [-0.3, -0.25) is 4.79 Å². The number of esters is 1. The molecule has 1 aromatic heterocycles. The maximum Gasteiger partial charge on any atom is 0.707 e. The van der Waals surface area contributed by atoms with Crippen LogP contribution in [0.3, 0.4) is 0 Å². The minimum Gasteiger partial charge on any atom is -0.509 e. The first-order valence-corrected chi connectivity index (χ1v) is 7.19. The van der Waals surface area contributed by atoms with Gasteiger partial charge >= 0.3 is 13.3 Å². The van der Waals surface area contributed by atoms with Gasteiger partial charge in [0.1, 0.15) is 5.75 Å². The summed E-state index contributed by atoms with van der Waals surface area (Å²) in [5.74, 6) is 0.541. The van der Waals surface area contributed by atoms with Crippen molar-refractivity contribution in [3.8, 4) is 5.75 Å². The number of methoxy groups -OCH3 is 1. The van der Waals surface area contributed by atoms with Crippen molar-refractivity contribution in [3.05, 3.63) is 12.4 Å². The lowest BCUT2D eigenvalue weighted by atomic mass is 9.76. The van der Waals surface area contributed by atoms with Crippen LogP contribution in [0.5, 0.6) is 5.75 Å². The first-order chi connectivity index (χ1) is 10.5. The third-order valence-corrected chi connectivity index (χ3v) is 4.15. The van der Waals surface area contributed by atoms with E-state index >= 15 is 0 Å². The Morgan fingerprint density at radius 2 is 1.95 bits per heavy atom. The highest BCUT2D eigenvalue weighted by Gasteiger charge is 2.41. The van der Waals surface area contributed by atoms with Crippen molar-refractivity contribution in [1.82, 2.24) is 9.97 Å². The Kier molecular flexibility index (Phi) is 5.20. The number of hydrogen-bond acceptors (Lipinski definition) is 8. The largest absolute Gasteiger partial charge is 0.707 e. The fourth-order valence-corrected chi connectivity index (χ4v) is 2.71. The van der Waals surface area contributed by atoms with Crippen molar-refractivity contribution >= 4 is 19.2 Å². The summed E-state index contributed by atoms with van der Waals surface area (Å²) in [7, 11) is -0.474. The van der Waals surface area contributed by atoms with Gasteiger partial charge in [-0.25, -0.2) is 9.97 Å². The predicted octanol–water partition coefficient (Wildman–Crippen LogP) is -0.00550. The third kappa shape index (κ3) is 3.48. The summed E-state index contributed by atoms with van der Waals surface area (Å²) < 4.78 is 9.58. The summed E-state index contributed by atoms with van der Waals surface area (Å²) in [5, 5.41) is 17.4. The normalized spacial score (nSPS) is 17.0. The van der Waals surface area contributed by atoms with Crippen molar-refractivity contribution in [2.75, 3.05) is 25.1 Å². The molecule has 2 rings (SSSR count). The molecule has 1 fully saturated rings. The summed E-state index contributed by atoms with van der Waals surface area (Å²) in [4.78, 5) is 22.2. The van der Waals surface area contributed by atoms with E-state index in [1.54, 1.807) is 0 Å². The van der Waals surface area contributed by atoms with Gasteiger partial charge in [-0.1, -0.05) is 6.92 Å². The van der Waals surface area contributed by atoms with Crippen molar-refractivity contribution in [2.45, 2.75) is 26.2 Å². The molecule has 0 bridgehead atoms. The van der Waals surface area contributed by atoms with E-state index in [0.29, 0.717) is 31.9 Å². The lowest BCUT2D eigenvalue weighted by Gasteiger charge is -2.39. The minimum atomic E-state index is -1.89. The molecule has 0 amide bonds. The first kappa shape index (κ1) is 16.5. The molecule has 1 aliphatic heterocycles. The van der Waals surface area contributed by atoms with E-state index in [1.807, 2.05) is 11.8 Å². The Labute approximate surface area is 129 Å². The average molecular weight is 309 g/mol. The second kappa shape index (κ2) is 6.93. The molecule has 0 saturated carbocycles. The van der Waals surface area contributed by atoms with Crippen LogP contribution in [0.15, 0.2) is 12.4 Å². The summed E-state index contributed by atoms with van der Waals surface area (Å²) >= 11 is 0. The zero-order valence-corrected chi connectivity index (χ0v) is 12.7. The topological polar surface area (TPSA) is 105 Å². The first-order valence-electron chi connectivity index (χ1n) is 7.19. The standard InChI is InChI=1S/C13H20BN3O5/c1-3-13(11(18)21-2)4-6-17(7-5-13)12-15-8-10(9-16-12)22-14(19)20/h8-9,19-20H,3-7H2,1-2H3. The molecule has 0 atom stereocenters. The van der Waals surface area contributed by atoms with E-state index in [9.17, 15) is 4.79 Å². The highest BCUT2D eigenvalue weighted by molar-refractivity contribution is 6.33. The fourth-order valence-electron chi connectivity index (χ4n) is 2.71. The quantitative estimate of drug-likeness (QED) is 0.578. The molecule has 1 aromatic rings. The Bertz CT molecular complexity index is 503. The van der Waals surface area contributed by atoms with Crippen molar-refractivity contribution in [1.29, 1.82) is 0 Å². The van der Waals surface area contributed by atoms with E-state index in [2.05, 4.69) is 14.6 Å². The number of carbonyl (C=O) groups is 1. The van der Waals surface area contributed by atoms with Gasteiger partial charge in [0, 0.05) is 13.1 Å². The zero-order chi connectivity index (χ0) is 16.2. The lowest BCUT2D eigenvalue weighted by Crippen LogP contribution is -2.45. The summed E-state index contributed by atoms with van der Waals surface area (Å²) in [6, 6.07) is 0. The maximum absolute atomic E-state index is 12.0. The Morgan fingerprint density at radius 1 is 1.36 bits per heavy atom. The number of hydrogen-bond donors (Lipinski definition) is 2. The monoisotopic (exact) mass is 309 g/mol. The Morgan fingerprint density at radius 3 is 2.41 bits per heavy atom. The smallest absolute Gasteiger partial charge is 0.509 e. The lowest BCUT2D eigenvalue weighted by molar-refractivity contribution is -0.154. The van der Waals surface area contributed by atoms with Crippen LogP contribution in [0.25, 0.3) is 0 Å². The number of rotatable bonds is 5. The van der Waals surface area contributed by atoms with Gasteiger partial charge in [-0.15, -0.1) is 0 Å². The van der Waals surface area contributed by atoms with Crippen molar-refractivity contribution in [3.63, 3.8) is 0 Å². The molecule has 0 radical (unpaired) electrons. The fraction of sp³-hybridized carbons (Fsp3) is 0.615. The summed E-state index contributed by atoms with van der Waals surface area (Å²) in [6.45, 7) is 3.31. The van der Waals surface area contributed by atoms with Gasteiger partial charge in [0.2, 0.25) is 5.95 Å². The highest BCUT2D eigenvalue weighted by Crippen LogP contribution is 2.36. The predicted molar refractivity (Wildman–Crippen MR) is 79.0 cm³/mol. The summed E-state index contributed by atoms with van der Waals surface area (Å²) in [5.41, 5.74) is -0.421. The molecule has 8 nitrogen and oxygen atoms in total. The number of carbonyl (C=O) groups excluding carboxylic acids is 1. The number of ether oxygens (including phenoxy) is 1. The van der Waals surface area contributed by atoms with Gasteiger partial charge in [-0.2, -0.15) is 0 Å². The number of nitrogens with zero attached hydrogens (tertiary/aromatic N) is 3. The van der Waals surface area contributed by atoms with Gasteiger partial charge in [0.25, 0.3) is 0 Å². The molecule has 0 spiro atoms. The van der Waals surface area contributed by atoms with E-state index in [4.69, 9.17) is 14.8 Å². The molecule has 2 heterocycles. The third-order valence-electron chi connectivity index (χ3n) is 4.15. The van der Waals surface area contributed by atoms with Gasteiger partial charge in [-0.05, 0) is 19.3 Å². The van der Waals surface area contributed by atoms with E-state index in [1.165, 1.54) is 19.5 Å². The van der Waals surface area contributed by atoms with Crippen molar-refractivity contribution < 1.29 is 24.2 Å². The molecular formula is C13H20BN3O5. The Hall–Kier alpha value is -1.87. The van der Waals surface area contributed by atoms with Crippen LogP contribution in [0.2, 0.25) is 0 Å². The Balaban J connectivity index is 2.00. The zero-order valence-electron chi connectivity index (χ0n) is 12.7. The van der Waals surface area contributed by atoms with Crippen molar-refractivity contribution in [2.24, 2.45) is 5.41 Å². The van der Waals surface area contributed by atoms with Crippen LogP contribution in [0, 0.1) is 5.41 Å². The number of anilines is 1. The molecule has 22 heavy (non-hydrogen) atoms. The minimum absolute atomic E-state index is 0.156. The van der Waals surface area contributed by atoms with E-state index in [-0.39, 0.29) is 11.7 Å². The van der Waals surface area contributed by atoms with Crippen LogP contribution >= 0.6 is 0 Å². The SMILES string of the molecule is CCC1(C(=O)OC)CCN(c2ncc(OB(O)O)cn2)CC1. The maximum atomic E-state index is 12.0. The second-order valence-electron chi connectivity index (χ2n) is 5.28.